The lowest BCUT2D eigenvalue weighted by molar-refractivity contribution is -0.114. The number of carbonyl (C=O) groups is 1. The number of benzene rings is 4. The molecule has 0 bridgehead atoms. The van der Waals surface area contributed by atoms with Crippen molar-refractivity contribution in [2.45, 2.75) is 13.0 Å². The monoisotopic (exact) mass is 459 g/mol. The van der Waals surface area contributed by atoms with Gasteiger partial charge in [-0.25, -0.2) is 4.98 Å². The summed E-state index contributed by atoms with van der Waals surface area (Å²) in [4.78, 5) is 24.6. The number of nitrogens with one attached hydrogen (secondary N) is 2. The molecule has 2 heterocycles. The Morgan fingerprint density at radius 3 is 2.51 bits per heavy atom. The Morgan fingerprint density at radius 2 is 1.60 bits per heavy atom. The standard InChI is InChI=1S/C29H25N5O/c35-27(31-24-14-13-20-7-1-3-9-22(20)17-24)18-30-28-25-11-5-6-12-26(25)32-29(33-28)34-16-15-21-8-2-4-10-23(21)19-34/h1-14,17H,15-16,18-19H2,(H,31,35)(H,30,32,33). The van der Waals surface area contributed by atoms with Crippen LogP contribution in [0.3, 0.4) is 0 Å². The number of nitrogens with zero attached hydrogens (tertiary/aromatic N) is 3. The van der Waals surface area contributed by atoms with Crippen molar-refractivity contribution in [1.29, 1.82) is 0 Å². The van der Waals surface area contributed by atoms with Gasteiger partial charge in [0, 0.05) is 24.2 Å². The summed E-state index contributed by atoms with van der Waals surface area (Å²) >= 11 is 0. The molecule has 0 fully saturated rings. The third kappa shape index (κ3) is 4.38. The van der Waals surface area contributed by atoms with Crippen molar-refractivity contribution in [1.82, 2.24) is 9.97 Å². The van der Waals surface area contributed by atoms with Crippen LogP contribution in [0.25, 0.3) is 21.7 Å². The number of carbonyl (C=O) groups excluding carboxylic acids is 1. The van der Waals surface area contributed by atoms with Gasteiger partial charge in [0.25, 0.3) is 0 Å². The summed E-state index contributed by atoms with van der Waals surface area (Å²) in [5.74, 6) is 1.21. The molecule has 0 atom stereocenters. The lowest BCUT2D eigenvalue weighted by Gasteiger charge is -2.29. The zero-order valence-corrected chi connectivity index (χ0v) is 19.2. The molecule has 0 saturated carbocycles. The van der Waals surface area contributed by atoms with Crippen LogP contribution in [0.15, 0.2) is 91.0 Å². The predicted octanol–water partition coefficient (Wildman–Crippen LogP) is 5.40. The van der Waals surface area contributed by atoms with Crippen LogP contribution in [-0.4, -0.2) is 29.0 Å². The number of hydrogen-bond donors (Lipinski definition) is 2. The molecule has 1 aliphatic heterocycles. The predicted molar refractivity (Wildman–Crippen MR) is 142 cm³/mol. The fraction of sp³-hybridized carbons (Fsp3) is 0.138. The van der Waals surface area contributed by atoms with Crippen LogP contribution >= 0.6 is 0 Å². The van der Waals surface area contributed by atoms with Crippen molar-refractivity contribution in [2.75, 3.05) is 28.6 Å². The highest BCUT2D eigenvalue weighted by atomic mass is 16.1. The second-order valence-electron chi connectivity index (χ2n) is 8.79. The Balaban J connectivity index is 1.22. The molecule has 0 saturated heterocycles. The number of aromatic nitrogens is 2. The molecule has 0 spiro atoms. The van der Waals surface area contributed by atoms with Crippen LogP contribution in [0.4, 0.5) is 17.5 Å². The van der Waals surface area contributed by atoms with Gasteiger partial charge in [-0.05, 0) is 52.6 Å². The van der Waals surface area contributed by atoms with Gasteiger partial charge >= 0.3 is 0 Å². The summed E-state index contributed by atoms with van der Waals surface area (Å²) in [6.45, 7) is 1.74. The lowest BCUT2D eigenvalue weighted by atomic mass is 10.0. The Bertz CT molecular complexity index is 1550. The van der Waals surface area contributed by atoms with Crippen molar-refractivity contribution in [2.24, 2.45) is 0 Å². The van der Waals surface area contributed by atoms with Gasteiger partial charge in [-0.2, -0.15) is 4.98 Å². The minimum Gasteiger partial charge on any atom is -0.360 e. The number of anilines is 3. The van der Waals surface area contributed by atoms with E-state index in [1.54, 1.807) is 0 Å². The molecule has 0 aliphatic carbocycles. The first-order valence-corrected chi connectivity index (χ1v) is 11.8. The number of rotatable bonds is 5. The highest BCUT2D eigenvalue weighted by molar-refractivity contribution is 5.98. The Hall–Kier alpha value is -4.45. The average molecular weight is 460 g/mol. The van der Waals surface area contributed by atoms with E-state index in [0.29, 0.717) is 11.8 Å². The molecule has 6 nitrogen and oxygen atoms in total. The molecule has 4 aromatic carbocycles. The first-order chi connectivity index (χ1) is 17.2. The van der Waals surface area contributed by atoms with Gasteiger partial charge in [0.1, 0.15) is 5.82 Å². The molecule has 1 aromatic heterocycles. The molecule has 6 heteroatoms. The largest absolute Gasteiger partial charge is 0.360 e. The van der Waals surface area contributed by atoms with E-state index in [4.69, 9.17) is 9.97 Å². The van der Waals surface area contributed by atoms with Crippen LogP contribution in [0.2, 0.25) is 0 Å². The number of amides is 1. The normalized spacial score (nSPS) is 13.0. The van der Waals surface area contributed by atoms with Crippen LogP contribution < -0.4 is 15.5 Å². The molecule has 1 amide bonds. The van der Waals surface area contributed by atoms with Crippen molar-refractivity contribution >= 4 is 45.0 Å². The summed E-state index contributed by atoms with van der Waals surface area (Å²) in [6, 6.07) is 30.4. The minimum atomic E-state index is -0.128. The summed E-state index contributed by atoms with van der Waals surface area (Å²) in [7, 11) is 0. The molecular formula is C29H25N5O. The number of hydrogen-bond acceptors (Lipinski definition) is 5. The van der Waals surface area contributed by atoms with E-state index in [0.717, 1.165) is 46.9 Å². The third-order valence-corrected chi connectivity index (χ3v) is 6.45. The summed E-state index contributed by atoms with van der Waals surface area (Å²) < 4.78 is 0. The first-order valence-electron chi connectivity index (χ1n) is 11.8. The molecule has 6 rings (SSSR count). The van der Waals surface area contributed by atoms with E-state index in [1.807, 2.05) is 60.7 Å². The molecule has 0 radical (unpaired) electrons. The Labute approximate surface area is 203 Å². The van der Waals surface area contributed by atoms with Gasteiger partial charge in [-0.1, -0.05) is 66.7 Å². The van der Waals surface area contributed by atoms with Gasteiger partial charge in [0.2, 0.25) is 11.9 Å². The number of fused-ring (bicyclic) bond motifs is 3. The van der Waals surface area contributed by atoms with Crippen molar-refractivity contribution in [3.63, 3.8) is 0 Å². The SMILES string of the molecule is O=C(CNc1nc(N2CCc3ccccc3C2)nc2ccccc12)Nc1ccc2ccccc2c1. The van der Waals surface area contributed by atoms with Gasteiger partial charge in [-0.15, -0.1) is 0 Å². The maximum Gasteiger partial charge on any atom is 0.243 e. The smallest absolute Gasteiger partial charge is 0.243 e. The molecule has 0 unspecified atom stereocenters. The Kier molecular flexibility index (Phi) is 5.47. The van der Waals surface area contributed by atoms with E-state index in [9.17, 15) is 4.79 Å². The van der Waals surface area contributed by atoms with E-state index in [-0.39, 0.29) is 12.5 Å². The van der Waals surface area contributed by atoms with E-state index < -0.39 is 0 Å². The lowest BCUT2D eigenvalue weighted by Crippen LogP contribution is -2.32. The van der Waals surface area contributed by atoms with Crippen LogP contribution in [0.5, 0.6) is 0 Å². The zero-order chi connectivity index (χ0) is 23.6. The van der Waals surface area contributed by atoms with E-state index in [2.05, 4.69) is 45.9 Å². The Morgan fingerprint density at radius 1 is 0.829 bits per heavy atom. The minimum absolute atomic E-state index is 0.107. The fourth-order valence-corrected chi connectivity index (χ4v) is 4.64. The average Bonchev–Trinajstić information content (AvgIpc) is 2.91. The van der Waals surface area contributed by atoms with Crippen LogP contribution in [0, 0.1) is 0 Å². The quantitative estimate of drug-likeness (QED) is 0.368. The topological polar surface area (TPSA) is 70.2 Å². The maximum atomic E-state index is 12.8. The zero-order valence-electron chi connectivity index (χ0n) is 19.2. The van der Waals surface area contributed by atoms with Gasteiger partial charge in [-0.3, -0.25) is 4.79 Å². The molecule has 172 valence electrons. The molecule has 5 aromatic rings. The fourth-order valence-electron chi connectivity index (χ4n) is 4.64. The van der Waals surface area contributed by atoms with E-state index >= 15 is 0 Å². The summed E-state index contributed by atoms with van der Waals surface area (Å²) in [5, 5.41) is 9.37. The van der Waals surface area contributed by atoms with Gasteiger partial charge in [0.05, 0.1) is 12.1 Å². The maximum absolute atomic E-state index is 12.8. The highest BCUT2D eigenvalue weighted by Gasteiger charge is 2.20. The third-order valence-electron chi connectivity index (χ3n) is 6.45. The van der Waals surface area contributed by atoms with Crippen LogP contribution in [-0.2, 0) is 17.8 Å². The first kappa shape index (κ1) is 21.1. The highest BCUT2D eigenvalue weighted by Crippen LogP contribution is 2.27. The second kappa shape index (κ2) is 9.06. The van der Waals surface area contributed by atoms with Gasteiger partial charge in [0.15, 0.2) is 0 Å². The molecular weight excluding hydrogens is 434 g/mol. The van der Waals surface area contributed by atoms with Crippen molar-refractivity contribution < 1.29 is 4.79 Å². The molecule has 2 N–H and O–H groups in total. The van der Waals surface area contributed by atoms with Crippen molar-refractivity contribution in [3.8, 4) is 0 Å². The molecule has 35 heavy (non-hydrogen) atoms. The van der Waals surface area contributed by atoms with Crippen LogP contribution in [0.1, 0.15) is 11.1 Å². The van der Waals surface area contributed by atoms with E-state index in [1.165, 1.54) is 11.1 Å². The van der Waals surface area contributed by atoms with Crippen molar-refractivity contribution in [3.05, 3.63) is 102 Å². The van der Waals surface area contributed by atoms with Gasteiger partial charge < -0.3 is 15.5 Å². The second-order valence-corrected chi connectivity index (χ2v) is 8.79. The summed E-state index contributed by atoms with van der Waals surface area (Å²) in [6.07, 6.45) is 0.962. The number of para-hydroxylation sites is 1. The molecule has 1 aliphatic rings. The summed E-state index contributed by atoms with van der Waals surface area (Å²) in [5.41, 5.74) is 4.32.